The summed E-state index contributed by atoms with van der Waals surface area (Å²) in [6, 6.07) is 0.885. The van der Waals surface area contributed by atoms with Crippen LogP contribution in [0.3, 0.4) is 0 Å². The second kappa shape index (κ2) is 4.23. The molecule has 2 heterocycles. The number of aromatic nitrogens is 2. The van der Waals surface area contributed by atoms with Crippen LogP contribution in [0.2, 0.25) is 0 Å². The van der Waals surface area contributed by atoms with E-state index in [0.29, 0.717) is 0 Å². The van der Waals surface area contributed by atoms with Crippen molar-refractivity contribution in [2.45, 2.75) is 0 Å². The highest BCUT2D eigenvalue weighted by atomic mass is 16.4. The Morgan fingerprint density at radius 1 is 1.10 bits per heavy atom. The average Bonchev–Trinajstić information content (AvgIpc) is 2.59. The summed E-state index contributed by atoms with van der Waals surface area (Å²) in [6.07, 6.45) is 0. The Bertz CT molecular complexity index is 718. The molecule has 0 saturated heterocycles. The molecular weight excluding hydrogens is 272 g/mol. The number of carboxylic acids is 3. The highest BCUT2D eigenvalue weighted by molar-refractivity contribution is 6.06. The number of carbonyl (C=O) groups is 3. The van der Waals surface area contributed by atoms with Crippen LogP contribution in [0.15, 0.2) is 6.07 Å². The lowest BCUT2D eigenvalue weighted by Crippen LogP contribution is -2.11. The SMILES string of the molecule is Cn1c(C(=O)O)c(O)c2cc(C(=O)O)c(C(=O)O)nc21. The fourth-order valence-electron chi connectivity index (χ4n) is 1.90. The van der Waals surface area contributed by atoms with Gasteiger partial charge >= 0.3 is 17.9 Å². The van der Waals surface area contributed by atoms with E-state index in [0.717, 1.165) is 10.6 Å². The Balaban J connectivity index is 2.96. The van der Waals surface area contributed by atoms with Crippen molar-refractivity contribution in [2.75, 3.05) is 0 Å². The Morgan fingerprint density at radius 3 is 2.15 bits per heavy atom. The fourth-order valence-corrected chi connectivity index (χ4v) is 1.90. The summed E-state index contributed by atoms with van der Waals surface area (Å²) < 4.78 is 0.977. The summed E-state index contributed by atoms with van der Waals surface area (Å²) >= 11 is 0. The van der Waals surface area contributed by atoms with Gasteiger partial charge in [-0.3, -0.25) is 0 Å². The second-order valence-corrected chi connectivity index (χ2v) is 3.93. The maximum Gasteiger partial charge on any atom is 0.356 e. The molecule has 0 spiro atoms. The largest absolute Gasteiger partial charge is 0.505 e. The van der Waals surface area contributed by atoms with Gasteiger partial charge in [-0.25, -0.2) is 19.4 Å². The van der Waals surface area contributed by atoms with Gasteiger partial charge in [0.2, 0.25) is 0 Å². The van der Waals surface area contributed by atoms with E-state index in [9.17, 15) is 19.5 Å². The van der Waals surface area contributed by atoms with E-state index in [-0.39, 0.29) is 11.0 Å². The van der Waals surface area contributed by atoms with Gasteiger partial charge in [0.1, 0.15) is 5.65 Å². The Labute approximate surface area is 110 Å². The molecule has 9 nitrogen and oxygen atoms in total. The van der Waals surface area contributed by atoms with E-state index < -0.39 is 40.6 Å². The number of rotatable bonds is 3. The van der Waals surface area contributed by atoms with Crippen LogP contribution in [0, 0.1) is 0 Å². The molecule has 2 aromatic heterocycles. The molecule has 0 aliphatic heterocycles. The van der Waals surface area contributed by atoms with Gasteiger partial charge in [0.15, 0.2) is 17.1 Å². The molecule has 4 N–H and O–H groups in total. The lowest BCUT2D eigenvalue weighted by Gasteiger charge is -2.02. The third kappa shape index (κ3) is 1.72. The van der Waals surface area contributed by atoms with Gasteiger partial charge in [-0.2, -0.15) is 0 Å². The summed E-state index contributed by atoms with van der Waals surface area (Å²) in [5.41, 5.74) is -2.01. The maximum atomic E-state index is 11.0. The third-order valence-electron chi connectivity index (χ3n) is 2.77. The van der Waals surface area contributed by atoms with Crippen molar-refractivity contribution in [2.24, 2.45) is 7.05 Å². The summed E-state index contributed by atoms with van der Waals surface area (Å²) in [5.74, 6) is -5.22. The van der Waals surface area contributed by atoms with Gasteiger partial charge in [0, 0.05) is 7.05 Å². The standard InChI is InChI=1S/C11H8N2O7/c1-13-6(11(19)20)7(14)4-2-3(9(15)16)5(10(17)18)12-8(4)13/h2,14H,1H3,(H,15,16)(H,17,18)(H,19,20). The first-order valence-corrected chi connectivity index (χ1v) is 5.18. The lowest BCUT2D eigenvalue weighted by molar-refractivity contribution is 0.0647. The van der Waals surface area contributed by atoms with Crippen molar-refractivity contribution in [1.82, 2.24) is 9.55 Å². The van der Waals surface area contributed by atoms with E-state index in [4.69, 9.17) is 15.3 Å². The van der Waals surface area contributed by atoms with Crippen molar-refractivity contribution < 1.29 is 34.8 Å². The quantitative estimate of drug-likeness (QED) is 0.629. The van der Waals surface area contributed by atoms with E-state index >= 15 is 0 Å². The first-order chi connectivity index (χ1) is 9.25. The minimum Gasteiger partial charge on any atom is -0.505 e. The molecule has 20 heavy (non-hydrogen) atoms. The molecule has 0 bridgehead atoms. The first-order valence-electron chi connectivity index (χ1n) is 5.18. The van der Waals surface area contributed by atoms with Gasteiger partial charge in [0.05, 0.1) is 10.9 Å². The summed E-state index contributed by atoms with van der Waals surface area (Å²) in [5, 5.41) is 36.5. The highest BCUT2D eigenvalue weighted by Crippen LogP contribution is 2.31. The summed E-state index contributed by atoms with van der Waals surface area (Å²) in [6.45, 7) is 0. The van der Waals surface area contributed by atoms with E-state index in [2.05, 4.69) is 4.98 Å². The zero-order valence-electron chi connectivity index (χ0n) is 9.99. The van der Waals surface area contributed by atoms with Crippen LogP contribution in [-0.4, -0.2) is 47.9 Å². The van der Waals surface area contributed by atoms with Gasteiger partial charge in [-0.05, 0) is 6.07 Å². The molecule has 2 rings (SSSR count). The van der Waals surface area contributed by atoms with Gasteiger partial charge in [-0.1, -0.05) is 0 Å². The molecular formula is C11H8N2O7. The van der Waals surface area contributed by atoms with Crippen molar-refractivity contribution in [3.8, 4) is 5.75 Å². The smallest absolute Gasteiger partial charge is 0.356 e. The van der Waals surface area contributed by atoms with Crippen molar-refractivity contribution in [3.63, 3.8) is 0 Å². The zero-order valence-corrected chi connectivity index (χ0v) is 9.99. The molecule has 0 aliphatic rings. The van der Waals surface area contributed by atoms with Gasteiger partial charge in [-0.15, -0.1) is 0 Å². The number of hydrogen-bond donors (Lipinski definition) is 4. The number of aromatic carboxylic acids is 3. The number of pyridine rings is 1. The van der Waals surface area contributed by atoms with Crippen LogP contribution in [0.1, 0.15) is 31.3 Å². The normalized spacial score (nSPS) is 10.7. The van der Waals surface area contributed by atoms with Crippen LogP contribution >= 0.6 is 0 Å². The lowest BCUT2D eigenvalue weighted by atomic mass is 10.1. The summed E-state index contributed by atoms with van der Waals surface area (Å²) in [4.78, 5) is 36.6. The summed E-state index contributed by atoms with van der Waals surface area (Å²) in [7, 11) is 1.27. The van der Waals surface area contributed by atoms with Gasteiger partial charge in [0.25, 0.3) is 0 Å². The van der Waals surface area contributed by atoms with E-state index in [1.54, 1.807) is 0 Å². The molecule has 0 atom stereocenters. The molecule has 0 fully saturated rings. The second-order valence-electron chi connectivity index (χ2n) is 3.93. The molecule has 0 unspecified atom stereocenters. The molecule has 0 radical (unpaired) electrons. The van der Waals surface area contributed by atoms with Crippen molar-refractivity contribution >= 4 is 28.9 Å². The van der Waals surface area contributed by atoms with E-state index in [1.165, 1.54) is 7.05 Å². The maximum absolute atomic E-state index is 11.0. The number of fused-ring (bicyclic) bond motifs is 1. The number of hydrogen-bond acceptors (Lipinski definition) is 5. The number of aromatic hydroxyl groups is 1. The molecule has 0 aromatic carbocycles. The third-order valence-corrected chi connectivity index (χ3v) is 2.77. The predicted octanol–water partition coefficient (Wildman–Crippen LogP) is 0.373. The fraction of sp³-hybridized carbons (Fsp3) is 0.0909. The Kier molecular flexibility index (Phi) is 2.82. The van der Waals surface area contributed by atoms with Crippen LogP contribution in [0.5, 0.6) is 5.75 Å². The minimum atomic E-state index is -1.57. The molecule has 2 aromatic rings. The minimum absolute atomic E-state index is 0.137. The van der Waals surface area contributed by atoms with Crippen molar-refractivity contribution in [1.29, 1.82) is 0 Å². The molecule has 9 heteroatoms. The van der Waals surface area contributed by atoms with Crippen molar-refractivity contribution in [3.05, 3.63) is 23.0 Å². The monoisotopic (exact) mass is 280 g/mol. The molecule has 0 amide bonds. The van der Waals surface area contributed by atoms with Gasteiger partial charge < -0.3 is 25.0 Å². The highest BCUT2D eigenvalue weighted by Gasteiger charge is 2.26. The number of aryl methyl sites for hydroxylation is 1. The van der Waals surface area contributed by atoms with Crippen LogP contribution in [0.4, 0.5) is 0 Å². The number of nitrogens with zero attached hydrogens (tertiary/aromatic N) is 2. The molecule has 0 aliphatic carbocycles. The first kappa shape index (κ1) is 13.3. The van der Waals surface area contributed by atoms with Crippen LogP contribution < -0.4 is 0 Å². The average molecular weight is 280 g/mol. The Hall–Kier alpha value is -3.10. The zero-order chi connectivity index (χ0) is 15.2. The van der Waals surface area contributed by atoms with Crippen LogP contribution in [-0.2, 0) is 7.05 Å². The van der Waals surface area contributed by atoms with Crippen LogP contribution in [0.25, 0.3) is 11.0 Å². The molecule has 0 saturated carbocycles. The van der Waals surface area contributed by atoms with E-state index in [1.807, 2.05) is 0 Å². The number of carboxylic acid groups (broad SMARTS) is 3. The molecule has 104 valence electrons. The topological polar surface area (TPSA) is 150 Å². The Morgan fingerprint density at radius 2 is 1.70 bits per heavy atom. The predicted molar refractivity (Wildman–Crippen MR) is 63.3 cm³/mol.